The summed E-state index contributed by atoms with van der Waals surface area (Å²) < 4.78 is 5.49. The van der Waals surface area contributed by atoms with Crippen molar-refractivity contribution in [3.8, 4) is 0 Å². The van der Waals surface area contributed by atoms with E-state index in [-0.39, 0.29) is 18.5 Å². The van der Waals surface area contributed by atoms with Gasteiger partial charge in [0, 0.05) is 12.8 Å². The van der Waals surface area contributed by atoms with E-state index in [4.69, 9.17) is 4.74 Å². The molecule has 0 heterocycles. The third kappa shape index (κ3) is 63.4. The molecule has 0 rings (SSSR count). The van der Waals surface area contributed by atoms with Crippen LogP contribution in [0.1, 0.15) is 393 Å². The van der Waals surface area contributed by atoms with Gasteiger partial charge in [0.05, 0.1) is 25.4 Å². The van der Waals surface area contributed by atoms with Crippen LogP contribution < -0.4 is 5.32 Å². The number of esters is 1. The first kappa shape index (κ1) is 75.3. The molecule has 0 saturated heterocycles. The largest absolute Gasteiger partial charge is 0.466 e. The second-order valence-electron chi connectivity index (χ2n) is 24.2. The average molecular weight is 1080 g/mol. The van der Waals surface area contributed by atoms with Crippen LogP contribution in [0.5, 0.6) is 0 Å². The number of unbranched alkanes of at least 4 members (excludes halogenated alkanes) is 51. The van der Waals surface area contributed by atoms with Crippen LogP contribution in [0.4, 0.5) is 0 Å². The van der Waals surface area contributed by atoms with E-state index in [1.54, 1.807) is 0 Å². The molecule has 0 aromatic rings. The second kappa shape index (κ2) is 66.8. The molecular formula is C71H137NO5. The molecule has 0 radical (unpaired) electrons. The van der Waals surface area contributed by atoms with Gasteiger partial charge in [-0.05, 0) is 57.8 Å². The van der Waals surface area contributed by atoms with Crippen LogP contribution in [0.2, 0.25) is 0 Å². The third-order valence-corrected chi connectivity index (χ3v) is 16.5. The average Bonchev–Trinajstić information content (AvgIpc) is 3.43. The molecule has 2 unspecified atom stereocenters. The minimum Gasteiger partial charge on any atom is -0.466 e. The lowest BCUT2D eigenvalue weighted by Gasteiger charge is -2.22. The molecule has 77 heavy (non-hydrogen) atoms. The van der Waals surface area contributed by atoms with E-state index in [9.17, 15) is 19.8 Å². The molecule has 3 N–H and O–H groups in total. The summed E-state index contributed by atoms with van der Waals surface area (Å²) in [6.45, 7) is 4.99. The van der Waals surface area contributed by atoms with Crippen molar-refractivity contribution in [2.75, 3.05) is 13.2 Å². The molecule has 456 valence electrons. The first-order valence-electron chi connectivity index (χ1n) is 35.1. The second-order valence-corrected chi connectivity index (χ2v) is 24.2. The predicted octanol–water partition coefficient (Wildman–Crippen LogP) is 22.5. The van der Waals surface area contributed by atoms with Crippen molar-refractivity contribution in [3.63, 3.8) is 0 Å². The van der Waals surface area contributed by atoms with Crippen molar-refractivity contribution in [3.05, 3.63) is 24.3 Å². The Morgan fingerprint density at radius 2 is 0.649 bits per heavy atom. The van der Waals surface area contributed by atoms with Crippen molar-refractivity contribution in [2.24, 2.45) is 0 Å². The third-order valence-electron chi connectivity index (χ3n) is 16.5. The van der Waals surface area contributed by atoms with Crippen molar-refractivity contribution >= 4 is 11.9 Å². The molecule has 0 aliphatic heterocycles. The van der Waals surface area contributed by atoms with Crippen LogP contribution in [0.25, 0.3) is 0 Å². The van der Waals surface area contributed by atoms with Gasteiger partial charge in [-0.2, -0.15) is 0 Å². The Balaban J connectivity index is 3.41. The monoisotopic (exact) mass is 1080 g/mol. The Bertz CT molecular complexity index is 1200. The minimum absolute atomic E-state index is 0.0143. The van der Waals surface area contributed by atoms with Crippen LogP contribution in [0, 0.1) is 0 Å². The zero-order chi connectivity index (χ0) is 55.7. The Kier molecular flexibility index (Phi) is 65.4. The van der Waals surface area contributed by atoms with E-state index in [1.165, 1.54) is 315 Å². The number of aliphatic hydroxyl groups is 2. The smallest absolute Gasteiger partial charge is 0.305 e. The zero-order valence-electron chi connectivity index (χ0n) is 52.2. The molecular weight excluding hydrogens is 947 g/mol. The van der Waals surface area contributed by atoms with E-state index < -0.39 is 12.1 Å². The number of allylic oxidation sites excluding steroid dienone is 4. The van der Waals surface area contributed by atoms with Gasteiger partial charge in [-0.15, -0.1) is 0 Å². The maximum atomic E-state index is 12.5. The van der Waals surface area contributed by atoms with Crippen LogP contribution >= 0.6 is 0 Å². The Morgan fingerprint density at radius 1 is 0.364 bits per heavy atom. The number of carbonyl (C=O) groups is 2. The maximum absolute atomic E-state index is 12.5. The summed E-state index contributed by atoms with van der Waals surface area (Å²) in [7, 11) is 0. The van der Waals surface area contributed by atoms with Gasteiger partial charge < -0.3 is 20.3 Å². The Morgan fingerprint density at radius 3 is 0.987 bits per heavy atom. The number of ether oxygens (including phenoxy) is 1. The van der Waals surface area contributed by atoms with Gasteiger partial charge in [0.25, 0.3) is 0 Å². The molecule has 0 bridgehead atoms. The summed E-state index contributed by atoms with van der Waals surface area (Å²) in [4.78, 5) is 24.6. The van der Waals surface area contributed by atoms with Gasteiger partial charge in [0.15, 0.2) is 0 Å². The van der Waals surface area contributed by atoms with Gasteiger partial charge in [0.2, 0.25) is 5.91 Å². The normalized spacial score (nSPS) is 12.6. The summed E-state index contributed by atoms with van der Waals surface area (Å²) in [5.74, 6) is -0.0202. The quantitative estimate of drug-likeness (QED) is 0.0320. The molecule has 0 spiro atoms. The molecule has 0 saturated carbocycles. The summed E-state index contributed by atoms with van der Waals surface area (Å²) >= 11 is 0. The molecule has 0 aromatic heterocycles. The highest BCUT2D eigenvalue weighted by Crippen LogP contribution is 2.19. The predicted molar refractivity (Wildman–Crippen MR) is 338 cm³/mol. The van der Waals surface area contributed by atoms with Crippen LogP contribution in [-0.4, -0.2) is 47.4 Å². The molecule has 0 fully saturated rings. The minimum atomic E-state index is -0.667. The van der Waals surface area contributed by atoms with Gasteiger partial charge >= 0.3 is 5.97 Å². The van der Waals surface area contributed by atoms with E-state index >= 15 is 0 Å². The SMILES string of the molecule is CCCCCCCCCCCCCCCCCCCCC(O)C(CO)NC(=O)CCCCCCCCCCCCC/C=C\C/C=C\CCCCCCCCCCCOC(=O)CCCCCCCCCCCCCCCCC. The van der Waals surface area contributed by atoms with Crippen molar-refractivity contribution in [1.82, 2.24) is 5.32 Å². The van der Waals surface area contributed by atoms with Crippen molar-refractivity contribution in [1.29, 1.82) is 0 Å². The van der Waals surface area contributed by atoms with Crippen LogP contribution in [-0.2, 0) is 14.3 Å². The van der Waals surface area contributed by atoms with Crippen LogP contribution in [0.3, 0.4) is 0 Å². The number of carbonyl (C=O) groups excluding carboxylic acids is 2. The molecule has 1 amide bonds. The highest BCUT2D eigenvalue weighted by molar-refractivity contribution is 5.76. The number of hydrogen-bond donors (Lipinski definition) is 3. The molecule has 0 aromatic carbocycles. The first-order valence-corrected chi connectivity index (χ1v) is 35.1. The standard InChI is InChI=1S/C71H137NO5/c1-3-5-7-9-11-13-15-17-19-20-32-36-39-43-47-51-55-59-63-69(74)68(67-73)72-70(75)64-60-56-52-48-44-40-37-33-30-28-26-24-22-21-23-25-27-29-31-34-38-42-46-50-54-58-62-66-77-71(76)65-61-57-53-49-45-41-35-18-16-14-12-10-8-6-4-2/h21-22,25,27,68-69,73-74H,3-20,23-24,26,28-67H2,1-2H3,(H,72,75)/b22-21-,27-25-. The summed E-state index contributed by atoms with van der Waals surface area (Å²) in [5.41, 5.74) is 0. The molecule has 6 nitrogen and oxygen atoms in total. The first-order chi connectivity index (χ1) is 38.0. The summed E-state index contributed by atoms with van der Waals surface area (Å²) in [5, 5.41) is 23.4. The number of aliphatic hydroxyl groups excluding tert-OH is 2. The molecule has 2 atom stereocenters. The number of amides is 1. The molecule has 0 aliphatic carbocycles. The fourth-order valence-electron chi connectivity index (χ4n) is 11.1. The van der Waals surface area contributed by atoms with E-state index in [2.05, 4.69) is 43.5 Å². The number of nitrogens with one attached hydrogen (secondary N) is 1. The van der Waals surface area contributed by atoms with E-state index in [1.807, 2.05) is 0 Å². The van der Waals surface area contributed by atoms with Crippen molar-refractivity contribution < 1.29 is 24.5 Å². The zero-order valence-corrected chi connectivity index (χ0v) is 52.2. The number of rotatable bonds is 66. The molecule has 0 aliphatic rings. The topological polar surface area (TPSA) is 95.9 Å². The Labute approximate surface area is 481 Å². The summed E-state index contributed by atoms with van der Waals surface area (Å²) in [6, 6.07) is -0.544. The lowest BCUT2D eigenvalue weighted by Crippen LogP contribution is -2.45. The van der Waals surface area contributed by atoms with Gasteiger partial charge in [0.1, 0.15) is 0 Å². The highest BCUT2D eigenvalue weighted by atomic mass is 16.5. The maximum Gasteiger partial charge on any atom is 0.305 e. The summed E-state index contributed by atoms with van der Waals surface area (Å²) in [6.07, 6.45) is 83.6. The molecule has 6 heteroatoms. The van der Waals surface area contributed by atoms with Crippen molar-refractivity contribution in [2.45, 2.75) is 405 Å². The van der Waals surface area contributed by atoms with E-state index in [0.29, 0.717) is 25.9 Å². The van der Waals surface area contributed by atoms with E-state index in [0.717, 1.165) is 44.9 Å². The lowest BCUT2D eigenvalue weighted by molar-refractivity contribution is -0.143. The number of hydrogen-bond acceptors (Lipinski definition) is 5. The van der Waals surface area contributed by atoms with Gasteiger partial charge in [-0.1, -0.05) is 346 Å². The fraction of sp³-hybridized carbons (Fsp3) is 0.915. The lowest BCUT2D eigenvalue weighted by atomic mass is 10.0. The van der Waals surface area contributed by atoms with Gasteiger partial charge in [-0.3, -0.25) is 9.59 Å². The van der Waals surface area contributed by atoms with Crippen LogP contribution in [0.15, 0.2) is 24.3 Å². The highest BCUT2D eigenvalue weighted by Gasteiger charge is 2.20. The Hall–Kier alpha value is -1.66. The fourth-order valence-corrected chi connectivity index (χ4v) is 11.1. The van der Waals surface area contributed by atoms with Gasteiger partial charge in [-0.25, -0.2) is 0 Å².